The van der Waals surface area contributed by atoms with Crippen LogP contribution in [0.1, 0.15) is 18.4 Å². The van der Waals surface area contributed by atoms with Crippen molar-refractivity contribution in [3.05, 3.63) is 35.0 Å². The standard InChI is InChI=1S/C23H24N6O10S2/c1-10(30)39-13-6-5-11(7-14(13)37-3)15(18(32)33)17(31)24-23(38-4)20(36)29-16(19(34)35)12(8-40-21(23)29)9-41-22-25-26-27-28(22)2/h5-7,15,21H,8-9H2,1-4H3,(H,24,31)(H,32,33)(H,34,35)/t15?,21-,23-/m0/s1. The first-order valence-corrected chi connectivity index (χ1v) is 13.7. The number of nitrogens with zero attached hydrogens (tertiary/aromatic N) is 5. The Bertz CT molecular complexity index is 1460. The third-order valence-electron chi connectivity index (χ3n) is 6.18. The van der Waals surface area contributed by atoms with Crippen LogP contribution in [0.15, 0.2) is 34.6 Å². The minimum Gasteiger partial charge on any atom is -0.493 e. The molecule has 0 spiro atoms. The van der Waals surface area contributed by atoms with Gasteiger partial charge < -0.3 is 29.7 Å². The SMILES string of the molecule is COc1cc(C(C(=O)O)C(=O)N[C@]2(OC)C(=O)N3C(C(=O)O)=C(CSc4nnnn4C)CS[C@H]32)ccc1OC(C)=O. The summed E-state index contributed by atoms with van der Waals surface area (Å²) in [6.07, 6.45) is 0. The maximum atomic E-state index is 13.4. The molecule has 2 amide bonds. The third-order valence-corrected chi connectivity index (χ3v) is 8.65. The molecule has 2 aliphatic heterocycles. The van der Waals surface area contributed by atoms with Gasteiger partial charge in [-0.05, 0) is 33.7 Å². The average Bonchev–Trinajstić information content (AvgIpc) is 3.34. The van der Waals surface area contributed by atoms with Crippen LogP contribution in [-0.2, 0) is 35.8 Å². The summed E-state index contributed by atoms with van der Waals surface area (Å²) in [6.45, 7) is 1.18. The van der Waals surface area contributed by atoms with Gasteiger partial charge in [0.1, 0.15) is 11.1 Å². The number of nitrogens with one attached hydrogen (secondary N) is 1. The summed E-state index contributed by atoms with van der Waals surface area (Å²) in [4.78, 5) is 63.5. The molecule has 4 rings (SSSR count). The van der Waals surface area contributed by atoms with E-state index in [-0.39, 0.29) is 34.3 Å². The molecule has 1 saturated heterocycles. The van der Waals surface area contributed by atoms with Gasteiger partial charge in [0.2, 0.25) is 11.1 Å². The largest absolute Gasteiger partial charge is 0.493 e. The molecular weight excluding hydrogens is 584 g/mol. The van der Waals surface area contributed by atoms with Crippen molar-refractivity contribution in [3.8, 4) is 11.5 Å². The van der Waals surface area contributed by atoms with Crippen LogP contribution in [0.25, 0.3) is 0 Å². The van der Waals surface area contributed by atoms with E-state index in [9.17, 15) is 34.2 Å². The van der Waals surface area contributed by atoms with Gasteiger partial charge in [0, 0.05) is 32.6 Å². The first-order chi connectivity index (χ1) is 19.4. The first kappa shape index (κ1) is 29.8. The number of carbonyl (C=O) groups is 5. The van der Waals surface area contributed by atoms with Crippen LogP contribution < -0.4 is 14.8 Å². The van der Waals surface area contributed by atoms with E-state index < -0.39 is 46.7 Å². The number of benzene rings is 1. The zero-order chi connectivity index (χ0) is 30.1. The Morgan fingerprint density at radius 3 is 2.54 bits per heavy atom. The average molecular weight is 609 g/mol. The second-order valence-corrected chi connectivity index (χ2v) is 10.7. The van der Waals surface area contributed by atoms with E-state index in [1.54, 1.807) is 7.05 Å². The van der Waals surface area contributed by atoms with Crippen molar-refractivity contribution in [2.24, 2.45) is 7.05 Å². The minimum absolute atomic E-state index is 0.00526. The van der Waals surface area contributed by atoms with E-state index >= 15 is 0 Å². The molecule has 18 heteroatoms. The summed E-state index contributed by atoms with van der Waals surface area (Å²) in [5, 5.41) is 32.8. The molecule has 3 atom stereocenters. The molecule has 1 unspecified atom stereocenters. The fraction of sp³-hybridized carbons (Fsp3) is 0.391. The fourth-order valence-electron chi connectivity index (χ4n) is 4.31. The summed E-state index contributed by atoms with van der Waals surface area (Å²) in [5.74, 6) is -6.94. The predicted octanol–water partition coefficient (Wildman–Crippen LogP) is -0.183. The number of aryl methyl sites for hydroxylation is 1. The number of esters is 1. The summed E-state index contributed by atoms with van der Waals surface area (Å²) in [7, 11) is 4.05. The van der Waals surface area contributed by atoms with Gasteiger partial charge in [-0.3, -0.25) is 24.1 Å². The van der Waals surface area contributed by atoms with Crippen molar-refractivity contribution < 1.29 is 48.4 Å². The number of ether oxygens (including phenoxy) is 3. The Labute approximate surface area is 240 Å². The number of hydrogen-bond donors (Lipinski definition) is 3. The Kier molecular flexibility index (Phi) is 8.55. The molecule has 218 valence electrons. The summed E-state index contributed by atoms with van der Waals surface area (Å²) in [6, 6.07) is 3.77. The lowest BCUT2D eigenvalue weighted by Gasteiger charge is -2.56. The second-order valence-electron chi connectivity index (χ2n) is 8.67. The van der Waals surface area contributed by atoms with Gasteiger partial charge in [-0.1, -0.05) is 17.8 Å². The molecule has 2 aliphatic rings. The van der Waals surface area contributed by atoms with E-state index in [0.29, 0.717) is 10.7 Å². The highest BCUT2D eigenvalue weighted by Crippen LogP contribution is 2.47. The fourth-order valence-corrected chi connectivity index (χ4v) is 6.74. The van der Waals surface area contributed by atoms with E-state index in [2.05, 4.69) is 20.8 Å². The second kappa shape index (κ2) is 11.8. The topological polar surface area (TPSA) is 212 Å². The molecule has 0 aliphatic carbocycles. The van der Waals surface area contributed by atoms with E-state index in [0.717, 1.165) is 23.8 Å². The van der Waals surface area contributed by atoms with Crippen molar-refractivity contribution in [2.45, 2.75) is 29.1 Å². The molecule has 1 aromatic carbocycles. The maximum Gasteiger partial charge on any atom is 0.352 e. The Morgan fingerprint density at radius 1 is 1.24 bits per heavy atom. The van der Waals surface area contributed by atoms with E-state index in [4.69, 9.17) is 14.2 Å². The summed E-state index contributed by atoms with van der Waals surface area (Å²) < 4.78 is 17.0. The van der Waals surface area contributed by atoms with E-state index in [1.165, 1.54) is 48.7 Å². The number of carboxylic acid groups (broad SMARTS) is 2. The van der Waals surface area contributed by atoms with Gasteiger partial charge in [-0.15, -0.1) is 16.9 Å². The van der Waals surface area contributed by atoms with Gasteiger partial charge in [-0.25, -0.2) is 9.48 Å². The minimum atomic E-state index is -2.02. The molecule has 1 aromatic heterocycles. The van der Waals surface area contributed by atoms with Crippen LogP contribution >= 0.6 is 23.5 Å². The lowest BCUT2D eigenvalue weighted by Crippen LogP contribution is -2.81. The van der Waals surface area contributed by atoms with Crippen LogP contribution in [-0.4, -0.2) is 102 Å². The number of carbonyl (C=O) groups excluding carboxylic acids is 3. The van der Waals surface area contributed by atoms with Gasteiger partial charge in [0.15, 0.2) is 17.4 Å². The number of fused-ring (bicyclic) bond motifs is 1. The number of β-lactam (4-membered cyclic amide) rings is 1. The quantitative estimate of drug-likeness (QED) is 0.0754. The Hall–Kier alpha value is -4.16. The molecular formula is C23H24N6O10S2. The van der Waals surface area contributed by atoms with Crippen molar-refractivity contribution in [1.82, 2.24) is 30.4 Å². The number of tetrazole rings is 1. The Morgan fingerprint density at radius 2 is 1.98 bits per heavy atom. The lowest BCUT2D eigenvalue weighted by atomic mass is 9.94. The van der Waals surface area contributed by atoms with Crippen LogP contribution in [0.3, 0.4) is 0 Å². The molecule has 0 bridgehead atoms. The maximum absolute atomic E-state index is 13.4. The van der Waals surface area contributed by atoms with Crippen LogP contribution in [0, 0.1) is 0 Å². The highest BCUT2D eigenvalue weighted by Gasteiger charge is 2.67. The van der Waals surface area contributed by atoms with Crippen molar-refractivity contribution in [1.29, 1.82) is 0 Å². The molecule has 2 aromatic rings. The molecule has 41 heavy (non-hydrogen) atoms. The third kappa shape index (κ3) is 5.44. The zero-order valence-corrected chi connectivity index (χ0v) is 23.6. The van der Waals surface area contributed by atoms with Crippen LogP contribution in [0.2, 0.25) is 0 Å². The number of carboxylic acids is 2. The van der Waals surface area contributed by atoms with Gasteiger partial charge in [0.25, 0.3) is 11.6 Å². The number of thioether (sulfide) groups is 2. The van der Waals surface area contributed by atoms with Gasteiger partial charge in [0.05, 0.1) is 7.11 Å². The normalized spacial score (nSPS) is 20.5. The summed E-state index contributed by atoms with van der Waals surface area (Å²) >= 11 is 2.34. The van der Waals surface area contributed by atoms with Gasteiger partial charge in [-0.2, -0.15) is 0 Å². The van der Waals surface area contributed by atoms with Crippen LogP contribution in [0.5, 0.6) is 11.5 Å². The number of hydrogen-bond acceptors (Lipinski definition) is 13. The lowest BCUT2D eigenvalue weighted by molar-refractivity contribution is -0.193. The number of aliphatic carboxylic acids is 2. The van der Waals surface area contributed by atoms with Crippen molar-refractivity contribution in [3.63, 3.8) is 0 Å². The van der Waals surface area contributed by atoms with Crippen LogP contribution in [0.4, 0.5) is 0 Å². The molecule has 3 heterocycles. The molecule has 0 radical (unpaired) electrons. The zero-order valence-electron chi connectivity index (χ0n) is 22.0. The molecule has 1 fully saturated rings. The smallest absolute Gasteiger partial charge is 0.352 e. The number of amides is 2. The number of aromatic nitrogens is 4. The highest BCUT2D eigenvalue weighted by atomic mass is 32.2. The predicted molar refractivity (Wildman–Crippen MR) is 140 cm³/mol. The number of rotatable bonds is 11. The van der Waals surface area contributed by atoms with E-state index in [1.807, 2.05) is 0 Å². The first-order valence-electron chi connectivity index (χ1n) is 11.7. The van der Waals surface area contributed by atoms with Gasteiger partial charge >= 0.3 is 17.9 Å². The number of methoxy groups -OCH3 is 2. The summed E-state index contributed by atoms with van der Waals surface area (Å²) in [5.41, 5.74) is -1.88. The molecule has 0 saturated carbocycles. The van der Waals surface area contributed by atoms with Crippen molar-refractivity contribution in [2.75, 3.05) is 25.7 Å². The molecule has 3 N–H and O–H groups in total. The van der Waals surface area contributed by atoms with Crippen molar-refractivity contribution >= 4 is 53.2 Å². The highest BCUT2D eigenvalue weighted by molar-refractivity contribution is 8.01. The monoisotopic (exact) mass is 608 g/mol. The molecule has 16 nitrogen and oxygen atoms in total. The Balaban J connectivity index is 1.59.